The molecule has 0 aliphatic carbocycles. The van der Waals surface area contributed by atoms with Gasteiger partial charge in [0.25, 0.3) is 0 Å². The number of carbonyl (C=O) groups is 2. The van der Waals surface area contributed by atoms with E-state index in [1.54, 1.807) is 4.90 Å². The second kappa shape index (κ2) is 6.37. The van der Waals surface area contributed by atoms with Crippen molar-refractivity contribution in [1.82, 2.24) is 10.2 Å². The van der Waals surface area contributed by atoms with E-state index >= 15 is 0 Å². The van der Waals surface area contributed by atoms with E-state index in [9.17, 15) is 9.59 Å². The Bertz CT molecular complexity index is 388. The van der Waals surface area contributed by atoms with Gasteiger partial charge in [0.15, 0.2) is 0 Å². The standard InChI is InChI=1S/C17H32N2O2/c1-10(2)13(11(3)4)9-19-12(5)15(20)18-14(16(19)21)17(6,7)8/h10-14H,9H2,1-8H3,(H,18,20). The van der Waals surface area contributed by atoms with Crippen LogP contribution in [-0.2, 0) is 9.59 Å². The first-order valence-electron chi connectivity index (χ1n) is 8.07. The lowest BCUT2D eigenvalue weighted by Crippen LogP contribution is -2.66. The quantitative estimate of drug-likeness (QED) is 0.867. The van der Waals surface area contributed by atoms with E-state index in [4.69, 9.17) is 0 Å². The Kier molecular flexibility index (Phi) is 5.46. The van der Waals surface area contributed by atoms with E-state index in [1.807, 2.05) is 27.7 Å². The van der Waals surface area contributed by atoms with Crippen molar-refractivity contribution >= 4 is 11.8 Å². The predicted molar refractivity (Wildman–Crippen MR) is 85.7 cm³/mol. The molecule has 0 saturated carbocycles. The van der Waals surface area contributed by atoms with Crippen LogP contribution < -0.4 is 5.32 Å². The third kappa shape index (κ3) is 3.98. The summed E-state index contributed by atoms with van der Waals surface area (Å²) in [4.78, 5) is 26.8. The summed E-state index contributed by atoms with van der Waals surface area (Å²) in [5.41, 5.74) is -0.268. The van der Waals surface area contributed by atoms with Crippen molar-refractivity contribution in [3.63, 3.8) is 0 Å². The fraction of sp³-hybridized carbons (Fsp3) is 0.882. The minimum Gasteiger partial charge on any atom is -0.342 e. The summed E-state index contributed by atoms with van der Waals surface area (Å²) < 4.78 is 0. The highest BCUT2D eigenvalue weighted by molar-refractivity contribution is 5.97. The Morgan fingerprint density at radius 2 is 1.57 bits per heavy atom. The van der Waals surface area contributed by atoms with Crippen molar-refractivity contribution in [3.8, 4) is 0 Å². The van der Waals surface area contributed by atoms with Crippen molar-refractivity contribution in [1.29, 1.82) is 0 Å². The summed E-state index contributed by atoms with van der Waals surface area (Å²) in [7, 11) is 0. The molecule has 1 aliphatic heterocycles. The number of nitrogens with zero attached hydrogens (tertiary/aromatic N) is 1. The van der Waals surface area contributed by atoms with Crippen LogP contribution in [0.4, 0.5) is 0 Å². The molecule has 2 amide bonds. The molecular formula is C17H32N2O2. The number of hydrogen-bond acceptors (Lipinski definition) is 2. The highest BCUT2D eigenvalue weighted by atomic mass is 16.2. The maximum Gasteiger partial charge on any atom is 0.246 e. The molecule has 0 aromatic carbocycles. The molecule has 21 heavy (non-hydrogen) atoms. The second-order valence-corrected chi connectivity index (χ2v) is 8.13. The maximum atomic E-state index is 12.8. The molecule has 0 radical (unpaired) electrons. The molecule has 2 unspecified atom stereocenters. The largest absolute Gasteiger partial charge is 0.342 e. The summed E-state index contributed by atoms with van der Waals surface area (Å²) in [5, 5.41) is 2.89. The van der Waals surface area contributed by atoms with Crippen LogP contribution in [0.5, 0.6) is 0 Å². The van der Waals surface area contributed by atoms with Crippen molar-refractivity contribution in [3.05, 3.63) is 0 Å². The van der Waals surface area contributed by atoms with Gasteiger partial charge in [0.2, 0.25) is 11.8 Å². The maximum absolute atomic E-state index is 12.8. The van der Waals surface area contributed by atoms with E-state index in [0.29, 0.717) is 24.3 Å². The number of amides is 2. The van der Waals surface area contributed by atoms with Gasteiger partial charge in [0, 0.05) is 6.54 Å². The lowest BCUT2D eigenvalue weighted by Gasteiger charge is -2.44. The first kappa shape index (κ1) is 18.0. The second-order valence-electron chi connectivity index (χ2n) is 8.13. The highest BCUT2D eigenvalue weighted by Gasteiger charge is 2.44. The Labute approximate surface area is 129 Å². The summed E-state index contributed by atoms with van der Waals surface area (Å²) in [6.45, 7) is 17.2. The first-order valence-corrected chi connectivity index (χ1v) is 8.07. The van der Waals surface area contributed by atoms with Crippen LogP contribution in [0.25, 0.3) is 0 Å². The van der Waals surface area contributed by atoms with Gasteiger partial charge in [-0.1, -0.05) is 48.5 Å². The Morgan fingerprint density at radius 1 is 1.10 bits per heavy atom. The van der Waals surface area contributed by atoms with Crippen LogP contribution in [0.15, 0.2) is 0 Å². The van der Waals surface area contributed by atoms with Crippen LogP contribution in [0, 0.1) is 23.2 Å². The molecule has 1 rings (SSSR count). The lowest BCUT2D eigenvalue weighted by atomic mass is 9.81. The zero-order chi connectivity index (χ0) is 16.5. The van der Waals surface area contributed by atoms with Crippen molar-refractivity contribution in [2.24, 2.45) is 23.2 Å². The zero-order valence-corrected chi connectivity index (χ0v) is 14.9. The fourth-order valence-corrected chi connectivity index (χ4v) is 3.08. The molecule has 1 N–H and O–H groups in total. The smallest absolute Gasteiger partial charge is 0.246 e. The third-order valence-corrected chi connectivity index (χ3v) is 4.65. The average molecular weight is 296 g/mol. The topological polar surface area (TPSA) is 49.4 Å². The molecule has 0 aromatic heterocycles. The molecule has 0 spiro atoms. The number of hydrogen-bond donors (Lipinski definition) is 1. The van der Waals surface area contributed by atoms with E-state index in [2.05, 4.69) is 33.0 Å². The molecule has 0 bridgehead atoms. The van der Waals surface area contributed by atoms with Gasteiger partial charge in [-0.2, -0.15) is 0 Å². The lowest BCUT2D eigenvalue weighted by molar-refractivity contribution is -0.153. The Morgan fingerprint density at radius 3 is 1.95 bits per heavy atom. The van der Waals surface area contributed by atoms with Gasteiger partial charge in [0.1, 0.15) is 12.1 Å². The SMILES string of the molecule is CC(C)C(CN1C(=O)C(C(C)(C)C)NC(=O)C1C)C(C)C. The highest BCUT2D eigenvalue weighted by Crippen LogP contribution is 2.28. The summed E-state index contributed by atoms with van der Waals surface area (Å²) in [6.07, 6.45) is 0. The average Bonchev–Trinajstić information content (AvgIpc) is 2.31. The minimum atomic E-state index is -0.429. The molecule has 2 atom stereocenters. The minimum absolute atomic E-state index is 0.0409. The van der Waals surface area contributed by atoms with Crippen LogP contribution in [0.3, 0.4) is 0 Å². The molecule has 1 fully saturated rings. The van der Waals surface area contributed by atoms with Crippen molar-refractivity contribution in [2.45, 2.75) is 67.5 Å². The van der Waals surface area contributed by atoms with Crippen LogP contribution in [0.1, 0.15) is 55.4 Å². The number of rotatable bonds is 4. The van der Waals surface area contributed by atoms with E-state index < -0.39 is 6.04 Å². The summed E-state index contributed by atoms with van der Waals surface area (Å²) in [5.74, 6) is 1.40. The predicted octanol–water partition coefficient (Wildman–Crippen LogP) is 2.68. The molecular weight excluding hydrogens is 264 g/mol. The monoisotopic (exact) mass is 296 g/mol. The fourth-order valence-electron chi connectivity index (χ4n) is 3.08. The molecule has 0 aromatic rings. The van der Waals surface area contributed by atoms with Crippen LogP contribution >= 0.6 is 0 Å². The van der Waals surface area contributed by atoms with Crippen molar-refractivity contribution in [2.75, 3.05) is 6.54 Å². The summed E-state index contributed by atoms with van der Waals surface area (Å²) in [6, 6.07) is -0.808. The third-order valence-electron chi connectivity index (χ3n) is 4.65. The van der Waals surface area contributed by atoms with Gasteiger partial charge >= 0.3 is 0 Å². The molecule has 122 valence electrons. The molecule has 1 aliphatic rings. The van der Waals surface area contributed by atoms with Crippen molar-refractivity contribution < 1.29 is 9.59 Å². The molecule has 1 saturated heterocycles. The summed E-state index contributed by atoms with van der Waals surface area (Å²) >= 11 is 0. The van der Waals surface area contributed by atoms with Gasteiger partial charge in [-0.05, 0) is 30.1 Å². The van der Waals surface area contributed by atoms with Gasteiger partial charge in [-0.3, -0.25) is 9.59 Å². The number of piperazine rings is 1. The number of carbonyl (C=O) groups excluding carboxylic acids is 2. The van der Waals surface area contributed by atoms with Gasteiger partial charge in [-0.15, -0.1) is 0 Å². The molecule has 1 heterocycles. The van der Waals surface area contributed by atoms with Gasteiger partial charge < -0.3 is 10.2 Å². The van der Waals surface area contributed by atoms with Gasteiger partial charge in [-0.25, -0.2) is 0 Å². The Hall–Kier alpha value is -1.06. The van der Waals surface area contributed by atoms with Crippen LogP contribution in [0.2, 0.25) is 0 Å². The normalized spacial score (nSPS) is 24.2. The van der Waals surface area contributed by atoms with E-state index in [1.165, 1.54) is 0 Å². The Balaban J connectivity index is 3.02. The van der Waals surface area contributed by atoms with Gasteiger partial charge in [0.05, 0.1) is 0 Å². The van der Waals surface area contributed by atoms with Crippen LogP contribution in [-0.4, -0.2) is 35.3 Å². The molecule has 4 nitrogen and oxygen atoms in total. The van der Waals surface area contributed by atoms with E-state index in [0.717, 1.165) is 0 Å². The zero-order valence-electron chi connectivity index (χ0n) is 14.9. The van der Waals surface area contributed by atoms with E-state index in [-0.39, 0.29) is 23.3 Å². The first-order chi connectivity index (χ1) is 9.46. The number of nitrogens with one attached hydrogen (secondary N) is 1. The molecule has 4 heteroatoms.